The molecule has 0 aliphatic rings. The van der Waals surface area contributed by atoms with E-state index in [0.717, 1.165) is 14.7 Å². The summed E-state index contributed by atoms with van der Waals surface area (Å²) >= 11 is 2.18. The van der Waals surface area contributed by atoms with Crippen molar-refractivity contribution in [2.24, 2.45) is 0 Å². The van der Waals surface area contributed by atoms with Crippen LogP contribution in [-0.2, 0) is 4.74 Å². The van der Waals surface area contributed by atoms with Gasteiger partial charge in [-0.1, -0.05) is 30.3 Å². The summed E-state index contributed by atoms with van der Waals surface area (Å²) in [5, 5.41) is 10.3. The number of ether oxygens (including phenoxy) is 1. The summed E-state index contributed by atoms with van der Waals surface area (Å²) in [7, 11) is 0. The quantitative estimate of drug-likeness (QED) is 0.463. The van der Waals surface area contributed by atoms with Crippen LogP contribution < -0.4 is 0 Å². The van der Waals surface area contributed by atoms with Crippen LogP contribution in [0.1, 0.15) is 38.1 Å². The monoisotopic (exact) mass is 467 g/mol. The van der Waals surface area contributed by atoms with Gasteiger partial charge in [-0.3, -0.25) is 4.90 Å². The number of halogens is 1. The first-order valence-electron chi connectivity index (χ1n) is 8.82. The highest BCUT2D eigenvalue weighted by Crippen LogP contribution is 2.31. The second-order valence-electron chi connectivity index (χ2n) is 6.78. The van der Waals surface area contributed by atoms with Gasteiger partial charge in [-0.15, -0.1) is 0 Å². The van der Waals surface area contributed by atoms with Gasteiger partial charge < -0.3 is 9.84 Å². The molecule has 5 heteroatoms. The summed E-state index contributed by atoms with van der Waals surface area (Å²) in [6.07, 6.45) is 0. The van der Waals surface area contributed by atoms with Gasteiger partial charge in [-0.2, -0.15) is 0 Å². The number of phenolic OH excluding ortho intramolecular Hbond substituents is 1. The first-order chi connectivity index (χ1) is 12.3. The Bertz CT molecular complexity index is 736. The number of esters is 1. The number of aromatic hydroxyl groups is 1. The molecule has 0 aliphatic heterocycles. The van der Waals surface area contributed by atoms with E-state index in [1.165, 1.54) is 0 Å². The SMILES string of the molecule is CC(C)N(CCOC(=O)c1cc(I)c(-c2ccccc2)cc1O)C(C)C. The molecule has 0 aromatic heterocycles. The molecule has 0 bridgehead atoms. The number of hydrogen-bond donors (Lipinski definition) is 1. The second kappa shape index (κ2) is 9.37. The summed E-state index contributed by atoms with van der Waals surface area (Å²) < 4.78 is 6.29. The first-order valence-corrected chi connectivity index (χ1v) is 9.90. The van der Waals surface area contributed by atoms with Crippen LogP contribution >= 0.6 is 22.6 Å². The highest BCUT2D eigenvalue weighted by molar-refractivity contribution is 14.1. The zero-order chi connectivity index (χ0) is 19.3. The van der Waals surface area contributed by atoms with E-state index < -0.39 is 5.97 Å². The lowest BCUT2D eigenvalue weighted by Crippen LogP contribution is -2.39. The minimum Gasteiger partial charge on any atom is -0.507 e. The molecule has 2 aromatic rings. The number of hydrogen-bond acceptors (Lipinski definition) is 4. The molecule has 1 N–H and O–H groups in total. The zero-order valence-electron chi connectivity index (χ0n) is 15.7. The van der Waals surface area contributed by atoms with Crippen molar-refractivity contribution >= 4 is 28.6 Å². The Balaban J connectivity index is 2.09. The van der Waals surface area contributed by atoms with Gasteiger partial charge in [-0.05, 0) is 73.5 Å². The average Bonchev–Trinajstić information content (AvgIpc) is 2.60. The lowest BCUT2D eigenvalue weighted by atomic mass is 10.0. The van der Waals surface area contributed by atoms with Gasteiger partial charge in [-0.25, -0.2) is 4.79 Å². The molecule has 2 aromatic carbocycles. The van der Waals surface area contributed by atoms with E-state index in [1.54, 1.807) is 12.1 Å². The number of carbonyl (C=O) groups excluding carboxylic acids is 1. The largest absolute Gasteiger partial charge is 0.507 e. The molecule has 0 amide bonds. The molecule has 0 fully saturated rings. The molecule has 2 rings (SSSR count). The topological polar surface area (TPSA) is 49.8 Å². The van der Waals surface area contributed by atoms with Gasteiger partial charge in [0.25, 0.3) is 0 Å². The van der Waals surface area contributed by atoms with Crippen molar-refractivity contribution in [3.8, 4) is 16.9 Å². The van der Waals surface area contributed by atoms with Crippen LogP contribution in [0.5, 0.6) is 5.75 Å². The molecule has 0 saturated heterocycles. The van der Waals surface area contributed by atoms with Crippen LogP contribution in [-0.4, -0.2) is 41.2 Å². The van der Waals surface area contributed by atoms with Gasteiger partial charge >= 0.3 is 5.97 Å². The van der Waals surface area contributed by atoms with Gasteiger partial charge in [0, 0.05) is 22.2 Å². The molecular formula is C21H26INO3. The Morgan fingerprint density at radius 1 is 1.12 bits per heavy atom. The van der Waals surface area contributed by atoms with Gasteiger partial charge in [0.15, 0.2) is 0 Å². The van der Waals surface area contributed by atoms with Crippen molar-refractivity contribution in [1.29, 1.82) is 0 Å². The molecule has 0 radical (unpaired) electrons. The molecule has 0 atom stereocenters. The third kappa shape index (κ3) is 5.20. The molecule has 0 spiro atoms. The second-order valence-corrected chi connectivity index (χ2v) is 7.94. The summed E-state index contributed by atoms with van der Waals surface area (Å²) in [5.74, 6) is -0.550. The Morgan fingerprint density at radius 3 is 2.31 bits per heavy atom. The van der Waals surface area contributed by atoms with Crippen molar-refractivity contribution in [2.45, 2.75) is 39.8 Å². The van der Waals surface area contributed by atoms with Crippen molar-refractivity contribution in [3.63, 3.8) is 0 Å². The maximum absolute atomic E-state index is 12.4. The lowest BCUT2D eigenvalue weighted by Gasteiger charge is -2.30. The van der Waals surface area contributed by atoms with Crippen LogP contribution in [0.3, 0.4) is 0 Å². The fraction of sp³-hybridized carbons (Fsp3) is 0.381. The number of phenols is 1. The number of benzene rings is 2. The fourth-order valence-corrected chi connectivity index (χ4v) is 3.78. The van der Waals surface area contributed by atoms with Crippen LogP contribution in [0.4, 0.5) is 0 Å². The third-order valence-electron chi connectivity index (χ3n) is 4.30. The Hall–Kier alpha value is -1.60. The Labute approximate surface area is 169 Å². The zero-order valence-corrected chi connectivity index (χ0v) is 17.9. The van der Waals surface area contributed by atoms with E-state index in [-0.39, 0.29) is 11.3 Å². The van der Waals surface area contributed by atoms with Crippen LogP contribution in [0.15, 0.2) is 42.5 Å². The summed E-state index contributed by atoms with van der Waals surface area (Å²) in [4.78, 5) is 14.6. The van der Waals surface area contributed by atoms with E-state index >= 15 is 0 Å². The molecule has 0 aliphatic carbocycles. The lowest BCUT2D eigenvalue weighted by molar-refractivity contribution is 0.0414. The molecule has 0 heterocycles. The van der Waals surface area contributed by atoms with E-state index in [9.17, 15) is 9.90 Å². The van der Waals surface area contributed by atoms with E-state index in [4.69, 9.17) is 4.74 Å². The summed E-state index contributed by atoms with van der Waals surface area (Å²) in [5.41, 5.74) is 2.09. The first kappa shape index (κ1) is 20.7. The number of rotatable bonds is 7. The standard InChI is InChI=1S/C21H26INO3/c1-14(2)23(15(3)4)10-11-26-21(25)18-12-19(22)17(13-20(18)24)16-8-6-5-7-9-16/h5-9,12-15,24H,10-11H2,1-4H3. The molecule has 140 valence electrons. The highest BCUT2D eigenvalue weighted by Gasteiger charge is 2.18. The maximum atomic E-state index is 12.4. The minimum absolute atomic E-state index is 0.0566. The van der Waals surface area contributed by atoms with Crippen LogP contribution in [0, 0.1) is 3.57 Å². The van der Waals surface area contributed by atoms with Crippen molar-refractivity contribution in [3.05, 3.63) is 51.6 Å². The summed E-state index contributed by atoms with van der Waals surface area (Å²) in [6.45, 7) is 9.46. The van der Waals surface area contributed by atoms with Crippen LogP contribution in [0.2, 0.25) is 0 Å². The van der Waals surface area contributed by atoms with Crippen molar-refractivity contribution in [1.82, 2.24) is 4.90 Å². The van der Waals surface area contributed by atoms with Crippen LogP contribution in [0.25, 0.3) is 11.1 Å². The minimum atomic E-state index is -0.493. The summed E-state index contributed by atoms with van der Waals surface area (Å²) in [6, 6.07) is 13.9. The predicted molar refractivity (Wildman–Crippen MR) is 114 cm³/mol. The average molecular weight is 467 g/mol. The third-order valence-corrected chi connectivity index (χ3v) is 5.19. The van der Waals surface area contributed by atoms with Gasteiger partial charge in [0.2, 0.25) is 0 Å². The number of nitrogens with zero attached hydrogens (tertiary/aromatic N) is 1. The van der Waals surface area contributed by atoms with E-state index in [1.807, 2.05) is 30.3 Å². The smallest absolute Gasteiger partial charge is 0.341 e. The van der Waals surface area contributed by atoms with Crippen molar-refractivity contribution < 1.29 is 14.6 Å². The predicted octanol–water partition coefficient (Wildman–Crippen LogP) is 4.94. The van der Waals surface area contributed by atoms with E-state index in [2.05, 4.69) is 55.2 Å². The molecule has 0 unspecified atom stereocenters. The molecular weight excluding hydrogens is 441 g/mol. The normalized spacial score (nSPS) is 11.4. The van der Waals surface area contributed by atoms with Crippen molar-refractivity contribution in [2.75, 3.05) is 13.2 Å². The Morgan fingerprint density at radius 2 is 1.73 bits per heavy atom. The van der Waals surface area contributed by atoms with Gasteiger partial charge in [0.1, 0.15) is 17.9 Å². The highest BCUT2D eigenvalue weighted by atomic mass is 127. The molecule has 4 nitrogen and oxygen atoms in total. The fourth-order valence-electron chi connectivity index (χ4n) is 3.00. The molecule has 0 saturated carbocycles. The maximum Gasteiger partial charge on any atom is 0.341 e. The Kier molecular flexibility index (Phi) is 7.46. The van der Waals surface area contributed by atoms with Gasteiger partial charge in [0.05, 0.1) is 0 Å². The number of carbonyl (C=O) groups is 1. The molecule has 26 heavy (non-hydrogen) atoms. The van der Waals surface area contributed by atoms with E-state index in [0.29, 0.717) is 25.2 Å².